The van der Waals surface area contributed by atoms with Crippen LogP contribution in [0.5, 0.6) is 5.75 Å². The van der Waals surface area contributed by atoms with E-state index in [4.69, 9.17) is 27.9 Å². The zero-order chi connectivity index (χ0) is 18.7. The van der Waals surface area contributed by atoms with Crippen LogP contribution in [0.15, 0.2) is 47.6 Å². The van der Waals surface area contributed by atoms with E-state index >= 15 is 0 Å². The van der Waals surface area contributed by atoms with Gasteiger partial charge in [0.1, 0.15) is 11.6 Å². The van der Waals surface area contributed by atoms with Crippen LogP contribution >= 0.6 is 35.0 Å². The van der Waals surface area contributed by atoms with Gasteiger partial charge in [0.25, 0.3) is 0 Å². The second-order valence-corrected chi connectivity index (χ2v) is 7.44. The molecule has 1 heterocycles. The molecule has 0 radical (unpaired) electrons. The first-order valence-corrected chi connectivity index (χ1v) is 9.56. The monoisotopic (exact) mass is 411 g/mol. The van der Waals surface area contributed by atoms with Gasteiger partial charge in [-0.05, 0) is 42.8 Å². The molecular formula is C18H16Cl2FN3OS. The Hall–Kier alpha value is -1.76. The summed E-state index contributed by atoms with van der Waals surface area (Å²) < 4.78 is 20.8. The van der Waals surface area contributed by atoms with Crippen LogP contribution in [-0.2, 0) is 12.8 Å². The molecule has 0 amide bonds. The zero-order valence-corrected chi connectivity index (χ0v) is 16.4. The zero-order valence-electron chi connectivity index (χ0n) is 14.1. The Balaban J connectivity index is 1.68. The summed E-state index contributed by atoms with van der Waals surface area (Å²) in [7, 11) is 1.88. The van der Waals surface area contributed by atoms with Gasteiger partial charge in [-0.15, -0.1) is 10.2 Å². The lowest BCUT2D eigenvalue weighted by atomic mass is 10.2. The van der Waals surface area contributed by atoms with Crippen molar-refractivity contribution in [1.29, 1.82) is 0 Å². The Morgan fingerprint density at radius 3 is 2.58 bits per heavy atom. The van der Waals surface area contributed by atoms with Gasteiger partial charge in [0.2, 0.25) is 0 Å². The second kappa shape index (κ2) is 8.29. The number of hydrogen-bond donors (Lipinski definition) is 0. The maximum Gasteiger partial charge on any atom is 0.191 e. The molecule has 0 aliphatic heterocycles. The van der Waals surface area contributed by atoms with Crippen molar-refractivity contribution >= 4 is 35.0 Å². The van der Waals surface area contributed by atoms with Crippen LogP contribution < -0.4 is 4.74 Å². The normalized spacial score (nSPS) is 12.2. The van der Waals surface area contributed by atoms with Gasteiger partial charge < -0.3 is 9.30 Å². The van der Waals surface area contributed by atoms with Crippen molar-refractivity contribution < 1.29 is 9.13 Å². The SMILES string of the molecule is CC(Oc1ccc(F)cc1Cl)c1nnc(SCc2ccc(Cl)cc2)n1C. The standard InChI is InChI=1S/C18H16Cl2FN3OS/c1-11(25-16-8-7-14(21)9-15(16)20)17-22-23-18(24(17)2)26-10-12-3-5-13(19)6-4-12/h3-9,11H,10H2,1-2H3. The van der Waals surface area contributed by atoms with Crippen molar-refractivity contribution in [3.05, 3.63) is 69.7 Å². The minimum Gasteiger partial charge on any atom is -0.481 e. The van der Waals surface area contributed by atoms with Crippen molar-refractivity contribution in [2.75, 3.05) is 0 Å². The molecule has 0 fully saturated rings. The molecule has 1 atom stereocenters. The summed E-state index contributed by atoms with van der Waals surface area (Å²) in [5.41, 5.74) is 1.14. The van der Waals surface area contributed by atoms with Gasteiger partial charge in [0, 0.05) is 17.8 Å². The molecule has 1 unspecified atom stereocenters. The van der Waals surface area contributed by atoms with E-state index in [1.807, 2.05) is 42.8 Å². The lowest BCUT2D eigenvalue weighted by Crippen LogP contribution is -2.10. The van der Waals surface area contributed by atoms with E-state index in [0.29, 0.717) is 16.6 Å². The summed E-state index contributed by atoms with van der Waals surface area (Å²) in [5, 5.41) is 10.1. The van der Waals surface area contributed by atoms with Gasteiger partial charge in [0.15, 0.2) is 17.1 Å². The first-order valence-electron chi connectivity index (χ1n) is 7.82. The second-order valence-electron chi connectivity index (χ2n) is 5.65. The number of thioether (sulfide) groups is 1. The predicted octanol–water partition coefficient (Wildman–Crippen LogP) is 5.69. The molecule has 0 saturated carbocycles. The summed E-state index contributed by atoms with van der Waals surface area (Å²) in [5.74, 6) is 1.40. The summed E-state index contributed by atoms with van der Waals surface area (Å²) in [6, 6.07) is 11.7. The Kier molecular flexibility index (Phi) is 6.06. The van der Waals surface area contributed by atoms with E-state index in [2.05, 4.69) is 10.2 Å². The first kappa shape index (κ1) is 19.0. The minimum absolute atomic E-state index is 0.219. The van der Waals surface area contributed by atoms with Crippen LogP contribution in [0, 0.1) is 5.82 Å². The Morgan fingerprint density at radius 1 is 1.15 bits per heavy atom. The number of nitrogens with zero attached hydrogens (tertiary/aromatic N) is 3. The largest absolute Gasteiger partial charge is 0.481 e. The summed E-state index contributed by atoms with van der Waals surface area (Å²) in [6.07, 6.45) is -0.389. The smallest absolute Gasteiger partial charge is 0.191 e. The van der Waals surface area contributed by atoms with Crippen molar-refractivity contribution in [2.24, 2.45) is 7.05 Å². The highest BCUT2D eigenvalue weighted by Crippen LogP contribution is 2.30. The number of ether oxygens (including phenoxy) is 1. The highest BCUT2D eigenvalue weighted by atomic mass is 35.5. The fourth-order valence-corrected chi connectivity index (χ4v) is 3.56. The lowest BCUT2D eigenvalue weighted by molar-refractivity contribution is 0.211. The molecule has 0 N–H and O–H groups in total. The molecular weight excluding hydrogens is 396 g/mol. The lowest BCUT2D eigenvalue weighted by Gasteiger charge is -2.15. The first-order chi connectivity index (χ1) is 12.4. The summed E-state index contributed by atoms with van der Waals surface area (Å²) >= 11 is 13.5. The van der Waals surface area contributed by atoms with Crippen LogP contribution in [0.1, 0.15) is 24.4 Å². The molecule has 0 aliphatic rings. The van der Waals surface area contributed by atoms with Crippen molar-refractivity contribution in [3.8, 4) is 5.75 Å². The molecule has 1 aromatic heterocycles. The Bertz CT molecular complexity index is 902. The third kappa shape index (κ3) is 4.50. The Labute approximate surface area is 165 Å². The average molecular weight is 412 g/mol. The summed E-state index contributed by atoms with van der Waals surface area (Å²) in [4.78, 5) is 0. The molecule has 0 saturated heterocycles. The predicted molar refractivity (Wildman–Crippen MR) is 102 cm³/mol. The van der Waals surface area contributed by atoms with E-state index in [9.17, 15) is 4.39 Å². The van der Waals surface area contributed by atoms with Gasteiger partial charge in [-0.3, -0.25) is 0 Å². The molecule has 0 aliphatic carbocycles. The van der Waals surface area contributed by atoms with Gasteiger partial charge >= 0.3 is 0 Å². The van der Waals surface area contributed by atoms with Crippen LogP contribution in [0.4, 0.5) is 4.39 Å². The van der Waals surface area contributed by atoms with E-state index < -0.39 is 5.82 Å². The number of hydrogen-bond acceptors (Lipinski definition) is 4. The van der Waals surface area contributed by atoms with Crippen LogP contribution in [0.25, 0.3) is 0 Å². The quantitative estimate of drug-likeness (QED) is 0.488. The molecule has 4 nitrogen and oxygen atoms in total. The maximum atomic E-state index is 13.1. The fourth-order valence-electron chi connectivity index (χ4n) is 2.35. The van der Waals surface area contributed by atoms with Crippen LogP contribution in [0.2, 0.25) is 10.0 Å². The molecule has 8 heteroatoms. The van der Waals surface area contributed by atoms with Gasteiger partial charge in [-0.2, -0.15) is 0 Å². The molecule has 136 valence electrons. The third-order valence-corrected chi connectivity index (χ3v) is 5.35. The number of benzene rings is 2. The molecule has 0 bridgehead atoms. The molecule has 3 aromatic rings. The average Bonchev–Trinajstić information content (AvgIpc) is 2.98. The van der Waals surface area contributed by atoms with Gasteiger partial charge in [0.05, 0.1) is 5.02 Å². The molecule has 3 rings (SSSR count). The van der Waals surface area contributed by atoms with Crippen LogP contribution in [-0.4, -0.2) is 14.8 Å². The van der Waals surface area contributed by atoms with Crippen molar-refractivity contribution in [1.82, 2.24) is 14.8 Å². The fraction of sp³-hybridized carbons (Fsp3) is 0.222. The number of halogens is 3. The highest BCUT2D eigenvalue weighted by molar-refractivity contribution is 7.98. The topological polar surface area (TPSA) is 39.9 Å². The van der Waals surface area contributed by atoms with Crippen molar-refractivity contribution in [2.45, 2.75) is 23.9 Å². The van der Waals surface area contributed by atoms with Gasteiger partial charge in [-0.25, -0.2) is 4.39 Å². The molecule has 26 heavy (non-hydrogen) atoms. The van der Waals surface area contributed by atoms with E-state index in [-0.39, 0.29) is 11.1 Å². The molecule has 0 spiro atoms. The van der Waals surface area contributed by atoms with Crippen LogP contribution in [0.3, 0.4) is 0 Å². The third-order valence-electron chi connectivity index (χ3n) is 3.71. The van der Waals surface area contributed by atoms with Gasteiger partial charge in [-0.1, -0.05) is 47.1 Å². The number of aromatic nitrogens is 3. The maximum absolute atomic E-state index is 13.1. The highest BCUT2D eigenvalue weighted by Gasteiger charge is 2.18. The number of rotatable bonds is 6. The minimum atomic E-state index is -0.408. The van der Waals surface area contributed by atoms with E-state index in [1.165, 1.54) is 18.2 Å². The van der Waals surface area contributed by atoms with E-state index in [0.717, 1.165) is 16.5 Å². The Morgan fingerprint density at radius 2 is 1.88 bits per heavy atom. The molecule has 2 aromatic carbocycles. The van der Waals surface area contributed by atoms with E-state index in [1.54, 1.807) is 11.8 Å². The van der Waals surface area contributed by atoms with Crippen molar-refractivity contribution in [3.63, 3.8) is 0 Å². The summed E-state index contributed by atoms with van der Waals surface area (Å²) in [6.45, 7) is 1.84.